The first-order valence-corrected chi connectivity index (χ1v) is 37.5. The Hall–Kier alpha value is -12.6. The Labute approximate surface area is 647 Å². The molecule has 0 bridgehead atoms. The lowest BCUT2D eigenvalue weighted by molar-refractivity contribution is -0.118. The average molecular weight is 1540 g/mol. The number of ether oxygens (including phenoxy) is 2. The number of H-pyrrole nitrogens is 1. The van der Waals surface area contributed by atoms with Crippen LogP contribution in [0.15, 0.2) is 229 Å². The number of hydrogen-bond donors (Lipinski definition) is 5. The number of nitrogens with one attached hydrogen (secondary N) is 4. The zero-order chi connectivity index (χ0) is 76.9. The number of carbonyl (C=O) groups excluding carboxylic acids is 3. The van der Waals surface area contributed by atoms with E-state index in [1.165, 1.54) is 41.8 Å². The number of fused-ring (bicyclic) bond motifs is 7. The SMILES string of the molecule is CCc1ccc(OCC(=O)Nc2cc(-c3nc4cc(C)ccc4o3)ccc2C)cc1.CCn1c2c(c(=O)[nH]c1=O)C(c1ccc(C(C)C)cc1)C1=C(N2)c2ccccc2C1=O.Cc1ccnc(NC(=O)c2cc3sc4ccccc4c3s2)c1.Nc1nonc1-c1noc(-c2cccc(COc3ccc(Cl)cc3Cl)c2)n1. The van der Waals surface area contributed by atoms with E-state index >= 15 is 0 Å². The third-order valence-corrected chi connectivity index (χ3v) is 21.3. The number of ketones is 1. The zero-order valence-corrected chi connectivity index (χ0v) is 63.5. The molecule has 26 heteroatoms. The lowest BCUT2D eigenvalue weighted by atomic mass is 9.81. The number of aryl methyl sites for hydroxylation is 4. The molecule has 15 aromatic rings. The number of halogens is 2. The van der Waals surface area contributed by atoms with Crippen LogP contribution < -0.4 is 42.4 Å². The molecule has 110 heavy (non-hydrogen) atoms. The largest absolute Gasteiger partial charge is 0.487 e. The maximum atomic E-state index is 13.5. The molecule has 2 amide bonds. The summed E-state index contributed by atoms with van der Waals surface area (Å²) < 4.78 is 32.2. The third kappa shape index (κ3) is 16.2. The number of thiophene rings is 2. The van der Waals surface area contributed by atoms with Crippen LogP contribution in [-0.4, -0.2) is 64.2 Å². The number of nitrogens with zero attached hydrogens (tertiary/aromatic N) is 7. The van der Waals surface area contributed by atoms with Crippen LogP contribution in [0.1, 0.15) is 110 Å². The fourth-order valence-corrected chi connectivity index (χ4v) is 15.5. The average Bonchev–Trinajstić information content (AvgIpc) is 1.51. The van der Waals surface area contributed by atoms with Gasteiger partial charge in [0, 0.05) is 72.0 Å². The Kier molecular flexibility index (Phi) is 21.9. The molecule has 1 unspecified atom stereocenters. The van der Waals surface area contributed by atoms with Gasteiger partial charge in [0.2, 0.25) is 11.7 Å². The Morgan fingerprint density at radius 1 is 0.709 bits per heavy atom. The minimum Gasteiger partial charge on any atom is -0.487 e. The summed E-state index contributed by atoms with van der Waals surface area (Å²) >= 11 is 15.3. The second kappa shape index (κ2) is 32.5. The number of oxazole rings is 1. The predicted octanol–water partition coefficient (Wildman–Crippen LogP) is 18.9. The van der Waals surface area contributed by atoms with Gasteiger partial charge in [-0.25, -0.2) is 19.4 Å². The standard InChI is InChI=1S/C25H23N3O3.C25H24N2O3.C17H11Cl2N5O3.C17H12N2OS2/c1-4-28-23-20(24(30)27-25(28)31)18(15-11-9-14(10-12-15)13(2)3)19-21(26-23)16-7-5-6-8-17(16)22(19)29;1-4-18-7-10-20(11-8-18)29-15-24(28)26-21-14-19(9-6-17(21)3)25-27-22-13-16(2)5-12-23(22)30-25;18-11-4-5-13(12(19)7-11)25-8-9-2-1-3-10(6-9)17-21-16(24-26-17)14-15(20)23-27-22-14;1-10-6-7-18-15(8-10)19-17(20)14-9-13-16(22-14)11-4-2-3-5-12(11)21-13/h5-13,18,26H,4H2,1-3H3,(H,27,30,31);5-14H,4,15H2,1-3H3,(H,26,28);1-7H,8H2,(H2,20,23);2-9H,1H3,(H,18,19,20). The van der Waals surface area contributed by atoms with Crippen LogP contribution in [0.5, 0.6) is 11.5 Å². The summed E-state index contributed by atoms with van der Waals surface area (Å²) in [6.45, 7) is 14.8. The fourth-order valence-electron chi connectivity index (χ4n) is 12.6. The zero-order valence-electron chi connectivity index (χ0n) is 60.4. The van der Waals surface area contributed by atoms with Crippen LogP contribution in [0.25, 0.3) is 70.7 Å². The minimum absolute atomic E-state index is 0.0582. The second-order valence-corrected chi connectivity index (χ2v) is 29.2. The summed E-state index contributed by atoms with van der Waals surface area (Å²) in [6, 6.07) is 61.4. The smallest absolute Gasteiger partial charge is 0.329 e. The lowest BCUT2D eigenvalue weighted by Gasteiger charge is -2.29. The van der Waals surface area contributed by atoms with Crippen LogP contribution in [-0.2, 0) is 24.4 Å². The maximum absolute atomic E-state index is 13.5. The number of rotatable bonds is 16. The van der Waals surface area contributed by atoms with Gasteiger partial charge in [-0.3, -0.25) is 28.7 Å². The van der Waals surface area contributed by atoms with Crippen molar-refractivity contribution in [3.63, 3.8) is 0 Å². The highest BCUT2D eigenvalue weighted by Gasteiger charge is 2.42. The summed E-state index contributed by atoms with van der Waals surface area (Å²) in [4.78, 5) is 80.0. The summed E-state index contributed by atoms with van der Waals surface area (Å²) in [5.74, 6) is 2.78. The number of nitrogen functional groups attached to an aromatic ring is 1. The number of aromatic nitrogens is 8. The van der Waals surface area contributed by atoms with Gasteiger partial charge >= 0.3 is 5.69 Å². The van der Waals surface area contributed by atoms with Crippen molar-refractivity contribution in [1.82, 2.24) is 40.0 Å². The van der Waals surface area contributed by atoms with Gasteiger partial charge in [0.15, 0.2) is 29.5 Å². The monoisotopic (exact) mass is 1540 g/mol. The third-order valence-electron chi connectivity index (χ3n) is 18.3. The van der Waals surface area contributed by atoms with Crippen LogP contribution in [0.2, 0.25) is 10.0 Å². The second-order valence-electron chi connectivity index (χ2n) is 26.2. The molecular formula is C84H70Cl2N12O10S2. The molecule has 6 N–H and O–H groups in total. The van der Waals surface area contributed by atoms with Crippen molar-refractivity contribution in [2.75, 3.05) is 28.3 Å². The Balaban J connectivity index is 0.000000123. The van der Waals surface area contributed by atoms with Crippen molar-refractivity contribution in [3.05, 3.63) is 297 Å². The van der Waals surface area contributed by atoms with Crippen molar-refractivity contribution in [2.45, 2.75) is 79.9 Å². The molecular weight excluding hydrogens is 1470 g/mol. The van der Waals surface area contributed by atoms with Crippen molar-refractivity contribution in [1.29, 1.82) is 0 Å². The highest BCUT2D eigenvalue weighted by Crippen LogP contribution is 2.48. The highest BCUT2D eigenvalue weighted by molar-refractivity contribution is 7.33. The van der Waals surface area contributed by atoms with E-state index in [1.807, 2.05) is 185 Å². The van der Waals surface area contributed by atoms with Crippen LogP contribution in [0.4, 0.5) is 23.1 Å². The number of allylic oxidation sites excluding steroid dienone is 1. The van der Waals surface area contributed by atoms with Crippen molar-refractivity contribution in [2.24, 2.45) is 0 Å². The number of hydrogen-bond acceptors (Lipinski definition) is 20. The van der Waals surface area contributed by atoms with E-state index in [1.54, 1.807) is 41.8 Å². The molecule has 0 radical (unpaired) electrons. The van der Waals surface area contributed by atoms with Gasteiger partial charge < -0.3 is 40.1 Å². The van der Waals surface area contributed by atoms with E-state index in [0.29, 0.717) is 97.7 Å². The maximum Gasteiger partial charge on any atom is 0.329 e. The number of amides is 2. The van der Waals surface area contributed by atoms with Crippen molar-refractivity contribution < 1.29 is 37.4 Å². The number of benzene rings is 8. The van der Waals surface area contributed by atoms with Gasteiger partial charge in [-0.2, -0.15) is 4.98 Å². The lowest BCUT2D eigenvalue weighted by Crippen LogP contribution is -2.38. The number of pyridine rings is 1. The van der Waals surface area contributed by atoms with E-state index in [9.17, 15) is 24.0 Å². The topological polar surface area (TPSA) is 303 Å². The van der Waals surface area contributed by atoms with E-state index in [0.717, 1.165) is 66.0 Å². The van der Waals surface area contributed by atoms with Crippen molar-refractivity contribution >= 4 is 123 Å². The Morgan fingerprint density at radius 3 is 2.24 bits per heavy atom. The first kappa shape index (κ1) is 74.3. The van der Waals surface area contributed by atoms with E-state index in [4.69, 9.17) is 47.3 Å². The number of carbonyl (C=O) groups is 3. The highest BCUT2D eigenvalue weighted by atomic mass is 35.5. The Bertz CT molecular complexity index is 6150. The molecule has 0 fully saturated rings. The van der Waals surface area contributed by atoms with Crippen molar-refractivity contribution in [3.8, 4) is 45.9 Å². The van der Waals surface area contributed by atoms with Crippen LogP contribution in [0, 0.1) is 20.8 Å². The molecule has 8 heterocycles. The molecule has 0 saturated carbocycles. The van der Waals surface area contributed by atoms with Crippen LogP contribution in [0.3, 0.4) is 0 Å². The summed E-state index contributed by atoms with van der Waals surface area (Å²) in [6.07, 6.45) is 2.67. The van der Waals surface area contributed by atoms with Gasteiger partial charge in [0.1, 0.15) is 35.3 Å². The first-order chi connectivity index (χ1) is 53.2. The molecule has 552 valence electrons. The molecule has 7 aromatic heterocycles. The fraction of sp³-hybridized carbons (Fsp3) is 0.155. The molecule has 8 aromatic carbocycles. The van der Waals surface area contributed by atoms with Gasteiger partial charge in [-0.05, 0) is 180 Å². The van der Waals surface area contributed by atoms with Gasteiger partial charge in [0.25, 0.3) is 23.3 Å². The molecule has 0 spiro atoms. The normalized spacial score (nSPS) is 12.6. The number of aromatic amines is 1. The van der Waals surface area contributed by atoms with Gasteiger partial charge in [-0.15, -0.1) is 22.7 Å². The number of nitrogens with two attached hydrogens (primary N) is 1. The van der Waals surface area contributed by atoms with E-state index in [-0.39, 0.29) is 41.5 Å². The summed E-state index contributed by atoms with van der Waals surface area (Å²) in [5, 5.41) is 22.3. The van der Waals surface area contributed by atoms with E-state index < -0.39 is 17.2 Å². The summed E-state index contributed by atoms with van der Waals surface area (Å²) in [5.41, 5.74) is 19.1. The predicted molar refractivity (Wildman–Crippen MR) is 432 cm³/mol. The first-order valence-electron chi connectivity index (χ1n) is 35.1. The number of anilines is 4. The van der Waals surface area contributed by atoms with Crippen LogP contribution >= 0.6 is 45.9 Å². The van der Waals surface area contributed by atoms with Gasteiger partial charge in [-0.1, -0.05) is 152 Å². The molecule has 1 aliphatic heterocycles. The van der Waals surface area contributed by atoms with E-state index in [2.05, 4.69) is 88.9 Å². The molecule has 1 aliphatic carbocycles. The molecule has 17 rings (SSSR count). The van der Waals surface area contributed by atoms with Gasteiger partial charge in [0.05, 0.1) is 25.9 Å². The Morgan fingerprint density at radius 2 is 1.48 bits per heavy atom. The quantitative estimate of drug-likeness (QED) is 0.0600. The molecule has 2 aliphatic rings. The number of Topliss-reactive ketones (excluding diaryl/α,β-unsaturated/α-hetero) is 1. The minimum atomic E-state index is -0.561. The summed E-state index contributed by atoms with van der Waals surface area (Å²) in [7, 11) is 0. The molecule has 22 nitrogen and oxygen atoms in total. The molecule has 1 atom stereocenters. The molecule has 0 saturated heterocycles.